The molecule has 0 N–H and O–H groups in total. The molecule has 0 saturated heterocycles. The molecular weight excluding hydrogens is 572 g/mol. The van der Waals surface area contributed by atoms with Crippen LogP contribution in [0.15, 0.2) is 51.7 Å². The first-order chi connectivity index (χ1) is 21.3. The Morgan fingerprint density at radius 1 is 0.659 bits per heavy atom. The molecule has 0 atom stereocenters. The summed E-state index contributed by atoms with van der Waals surface area (Å²) in [5.41, 5.74) is 2.63. The van der Waals surface area contributed by atoms with Crippen molar-refractivity contribution >= 4 is 39.8 Å². The minimum atomic E-state index is -0.300. The van der Waals surface area contributed by atoms with Gasteiger partial charge in [0.2, 0.25) is 11.5 Å². The molecule has 0 saturated carbocycles. The molecule has 0 amide bonds. The second-order valence-electron chi connectivity index (χ2n) is 9.71. The van der Waals surface area contributed by atoms with Gasteiger partial charge in [-0.25, -0.2) is 0 Å². The number of hydrogen-bond acceptors (Lipinski definition) is 11. The number of Topliss-reactive ketones (excluding diaryl/α,β-unsaturated/α-hetero) is 2. The van der Waals surface area contributed by atoms with Crippen molar-refractivity contribution in [3.63, 3.8) is 0 Å². The van der Waals surface area contributed by atoms with Gasteiger partial charge in [-0.15, -0.1) is 0 Å². The first kappa shape index (κ1) is 30.0. The topological polar surface area (TPSA) is 133 Å². The number of rotatable bonds is 13. The smallest absolute Gasteiger partial charge is 0.205 e. The standard InChI is InChI=1S/C33H30O11/c1-17(35)24-26(37-3)22-9-11-41-28(22)32(39-5)30(24)43-15-19-7-8-20(21(13-19)14-34)16-44-31-25(18(2)36)27(38-4)23-10-12-42-29(23)33(31)40-6/h7-14H,15-16H2,1-6H3. The van der Waals surface area contributed by atoms with E-state index >= 15 is 0 Å². The summed E-state index contributed by atoms with van der Waals surface area (Å²) in [5, 5.41) is 1.14. The van der Waals surface area contributed by atoms with Crippen molar-refractivity contribution < 1.29 is 51.6 Å². The van der Waals surface area contributed by atoms with Crippen LogP contribution in [-0.2, 0) is 13.2 Å². The number of methoxy groups -OCH3 is 4. The van der Waals surface area contributed by atoms with Crippen LogP contribution in [0.3, 0.4) is 0 Å². The number of ketones is 2. The van der Waals surface area contributed by atoms with E-state index in [9.17, 15) is 14.4 Å². The molecule has 0 spiro atoms. The van der Waals surface area contributed by atoms with Gasteiger partial charge < -0.3 is 37.3 Å². The molecule has 5 rings (SSSR count). The lowest BCUT2D eigenvalue weighted by Crippen LogP contribution is -2.09. The van der Waals surface area contributed by atoms with Crippen molar-refractivity contribution in [2.45, 2.75) is 27.1 Å². The Kier molecular flexibility index (Phi) is 8.48. The van der Waals surface area contributed by atoms with Crippen LogP contribution in [0.4, 0.5) is 0 Å². The highest BCUT2D eigenvalue weighted by molar-refractivity contribution is 6.09. The second kappa shape index (κ2) is 12.4. The van der Waals surface area contributed by atoms with Gasteiger partial charge in [0, 0.05) is 5.56 Å². The van der Waals surface area contributed by atoms with Crippen molar-refractivity contribution in [1.82, 2.24) is 0 Å². The summed E-state index contributed by atoms with van der Waals surface area (Å²) < 4.78 is 45.6. The van der Waals surface area contributed by atoms with Gasteiger partial charge in [0.25, 0.3) is 0 Å². The predicted octanol–water partition coefficient (Wildman–Crippen LogP) is 6.59. The van der Waals surface area contributed by atoms with Crippen LogP contribution < -0.4 is 28.4 Å². The lowest BCUT2D eigenvalue weighted by Gasteiger charge is -2.19. The number of aldehydes is 1. The Morgan fingerprint density at radius 2 is 1.14 bits per heavy atom. The minimum Gasteiger partial charge on any atom is -0.495 e. The zero-order valence-corrected chi connectivity index (χ0v) is 25.0. The molecule has 5 aromatic rings. The number of ether oxygens (including phenoxy) is 6. The molecule has 2 aromatic heterocycles. The first-order valence-electron chi connectivity index (χ1n) is 13.4. The average Bonchev–Trinajstić information content (AvgIpc) is 3.71. The molecule has 0 radical (unpaired) electrons. The van der Waals surface area contributed by atoms with Crippen LogP contribution in [0.5, 0.6) is 34.5 Å². The minimum absolute atomic E-state index is 0.0113. The number of benzene rings is 3. The summed E-state index contributed by atoms with van der Waals surface area (Å²) in [6.07, 6.45) is 3.63. The number of furan rings is 2. The third kappa shape index (κ3) is 5.06. The molecule has 228 valence electrons. The average molecular weight is 603 g/mol. The van der Waals surface area contributed by atoms with Crippen molar-refractivity contribution in [2.24, 2.45) is 0 Å². The number of fused-ring (bicyclic) bond motifs is 2. The van der Waals surface area contributed by atoms with E-state index in [1.165, 1.54) is 54.8 Å². The molecule has 3 aromatic carbocycles. The van der Waals surface area contributed by atoms with E-state index in [1.54, 1.807) is 30.3 Å². The van der Waals surface area contributed by atoms with Gasteiger partial charge in [-0.3, -0.25) is 14.4 Å². The number of carbonyl (C=O) groups excluding carboxylic acids is 3. The van der Waals surface area contributed by atoms with Crippen molar-refractivity contribution in [1.29, 1.82) is 0 Å². The molecule has 0 fully saturated rings. The maximum absolute atomic E-state index is 12.7. The van der Waals surface area contributed by atoms with Gasteiger partial charge in [0.05, 0.1) is 51.7 Å². The van der Waals surface area contributed by atoms with E-state index in [0.29, 0.717) is 56.4 Å². The van der Waals surface area contributed by atoms with Crippen molar-refractivity contribution in [3.8, 4) is 34.5 Å². The Hall–Kier alpha value is -5.45. The third-order valence-corrected chi connectivity index (χ3v) is 7.17. The van der Waals surface area contributed by atoms with Gasteiger partial charge in [-0.1, -0.05) is 12.1 Å². The SMILES string of the molecule is COc1c(C(C)=O)c(OCc2ccc(COc3c(C(C)=O)c(OC)c4ccoc4c3OC)c(C=O)c2)c(OC)c2occc12. The largest absolute Gasteiger partial charge is 0.495 e. The van der Waals surface area contributed by atoms with E-state index in [-0.39, 0.29) is 58.9 Å². The van der Waals surface area contributed by atoms with Gasteiger partial charge in [0.1, 0.15) is 42.1 Å². The van der Waals surface area contributed by atoms with Crippen molar-refractivity contribution in [2.75, 3.05) is 28.4 Å². The maximum Gasteiger partial charge on any atom is 0.205 e. The second-order valence-corrected chi connectivity index (χ2v) is 9.71. The van der Waals surface area contributed by atoms with Crippen LogP contribution in [0.25, 0.3) is 21.9 Å². The summed E-state index contributed by atoms with van der Waals surface area (Å²) in [6, 6.07) is 8.48. The molecule has 0 aliphatic rings. The fourth-order valence-electron chi connectivity index (χ4n) is 5.23. The van der Waals surface area contributed by atoms with Crippen molar-refractivity contribution in [3.05, 3.63) is 70.7 Å². The highest BCUT2D eigenvalue weighted by Crippen LogP contribution is 2.48. The van der Waals surface area contributed by atoms with Crippen LogP contribution >= 0.6 is 0 Å². The number of hydrogen-bond donors (Lipinski definition) is 0. The van der Waals surface area contributed by atoms with Gasteiger partial charge in [0.15, 0.2) is 34.2 Å². The fraction of sp³-hybridized carbons (Fsp3) is 0.242. The highest BCUT2D eigenvalue weighted by atomic mass is 16.5. The Bertz CT molecular complexity index is 1890. The molecule has 0 bridgehead atoms. The third-order valence-electron chi connectivity index (χ3n) is 7.17. The molecule has 0 aliphatic heterocycles. The predicted molar refractivity (Wildman–Crippen MR) is 159 cm³/mol. The van der Waals surface area contributed by atoms with Crippen LogP contribution in [0, 0.1) is 0 Å². The summed E-state index contributed by atoms with van der Waals surface area (Å²) in [5.74, 6) is 0.784. The van der Waals surface area contributed by atoms with Crippen LogP contribution in [0.2, 0.25) is 0 Å². The molecule has 11 nitrogen and oxygen atoms in total. The summed E-state index contributed by atoms with van der Waals surface area (Å²) in [4.78, 5) is 37.5. The van der Waals surface area contributed by atoms with E-state index in [0.717, 1.165) is 0 Å². The Morgan fingerprint density at radius 3 is 1.57 bits per heavy atom. The van der Waals surface area contributed by atoms with E-state index < -0.39 is 0 Å². The summed E-state index contributed by atoms with van der Waals surface area (Å²) in [7, 11) is 5.80. The van der Waals surface area contributed by atoms with Gasteiger partial charge in [-0.05, 0) is 43.2 Å². The molecule has 2 heterocycles. The molecule has 11 heteroatoms. The van der Waals surface area contributed by atoms with E-state index in [1.807, 2.05) is 0 Å². The lowest BCUT2D eigenvalue weighted by atomic mass is 10.0. The Labute approximate surface area is 252 Å². The molecule has 44 heavy (non-hydrogen) atoms. The maximum atomic E-state index is 12.7. The number of carbonyl (C=O) groups is 3. The highest BCUT2D eigenvalue weighted by Gasteiger charge is 2.29. The van der Waals surface area contributed by atoms with E-state index in [2.05, 4.69) is 0 Å². The summed E-state index contributed by atoms with van der Waals surface area (Å²) in [6.45, 7) is 2.72. The quantitative estimate of drug-likeness (QED) is 0.107. The van der Waals surface area contributed by atoms with E-state index in [4.69, 9.17) is 37.3 Å². The van der Waals surface area contributed by atoms with Gasteiger partial charge >= 0.3 is 0 Å². The van der Waals surface area contributed by atoms with Gasteiger partial charge in [-0.2, -0.15) is 0 Å². The van der Waals surface area contributed by atoms with Crippen LogP contribution in [0.1, 0.15) is 56.0 Å². The first-order valence-corrected chi connectivity index (χ1v) is 13.4. The molecule has 0 aliphatic carbocycles. The zero-order valence-electron chi connectivity index (χ0n) is 25.0. The fourth-order valence-corrected chi connectivity index (χ4v) is 5.23. The molecule has 0 unspecified atom stereocenters. The monoisotopic (exact) mass is 602 g/mol. The summed E-state index contributed by atoms with van der Waals surface area (Å²) >= 11 is 0. The zero-order chi connectivity index (χ0) is 31.5. The normalized spacial score (nSPS) is 11.0. The van der Waals surface area contributed by atoms with Crippen LogP contribution in [-0.4, -0.2) is 46.3 Å². The lowest BCUT2D eigenvalue weighted by molar-refractivity contribution is 0.0996. The Balaban J connectivity index is 1.46. The molecular formula is C33H30O11.